The van der Waals surface area contributed by atoms with Gasteiger partial charge in [-0.25, -0.2) is 14.1 Å². The van der Waals surface area contributed by atoms with Crippen LogP contribution >= 0.6 is 27.5 Å². The van der Waals surface area contributed by atoms with Crippen molar-refractivity contribution in [2.24, 2.45) is 0 Å². The summed E-state index contributed by atoms with van der Waals surface area (Å²) >= 11 is 9.35. The molecule has 0 radical (unpaired) electrons. The number of fused-ring (bicyclic) bond motifs is 1. The standard InChI is InChI=1S/C12H6BrClFN3/c13-12-4-11(9(14)5-16-12)18-6-7-3-8(15)1-2-10(7)17-18/h1-6H. The maximum atomic E-state index is 13.1. The highest BCUT2D eigenvalue weighted by atomic mass is 79.9. The summed E-state index contributed by atoms with van der Waals surface area (Å²) in [5, 5.41) is 5.54. The lowest BCUT2D eigenvalue weighted by Crippen LogP contribution is -1.96. The monoisotopic (exact) mass is 325 g/mol. The molecule has 0 N–H and O–H groups in total. The summed E-state index contributed by atoms with van der Waals surface area (Å²) in [4.78, 5) is 4.02. The van der Waals surface area contributed by atoms with Crippen molar-refractivity contribution >= 4 is 38.4 Å². The Labute approximate surface area is 115 Å². The summed E-state index contributed by atoms with van der Waals surface area (Å²) in [5.41, 5.74) is 1.40. The van der Waals surface area contributed by atoms with Crippen molar-refractivity contribution in [2.75, 3.05) is 0 Å². The first kappa shape index (κ1) is 11.6. The molecule has 2 aromatic heterocycles. The molecule has 0 aliphatic rings. The van der Waals surface area contributed by atoms with Crippen molar-refractivity contribution < 1.29 is 4.39 Å². The number of benzene rings is 1. The summed E-state index contributed by atoms with van der Waals surface area (Å²) in [6.07, 6.45) is 3.26. The zero-order valence-corrected chi connectivity index (χ0v) is 11.3. The number of nitrogens with zero attached hydrogens (tertiary/aromatic N) is 3. The zero-order valence-electron chi connectivity index (χ0n) is 8.94. The van der Waals surface area contributed by atoms with Crippen molar-refractivity contribution in [3.05, 3.63) is 52.1 Å². The fraction of sp³-hybridized carbons (Fsp3) is 0. The highest BCUT2D eigenvalue weighted by Crippen LogP contribution is 2.24. The average Bonchev–Trinajstić information content (AvgIpc) is 2.74. The van der Waals surface area contributed by atoms with Crippen LogP contribution in [0.4, 0.5) is 4.39 Å². The largest absolute Gasteiger partial charge is 0.248 e. The van der Waals surface area contributed by atoms with E-state index in [1.807, 2.05) is 0 Å². The van der Waals surface area contributed by atoms with Gasteiger partial charge in [-0.3, -0.25) is 0 Å². The van der Waals surface area contributed by atoms with Crippen LogP contribution in [-0.2, 0) is 0 Å². The minimum absolute atomic E-state index is 0.288. The minimum Gasteiger partial charge on any atom is -0.248 e. The quantitative estimate of drug-likeness (QED) is 0.633. The van der Waals surface area contributed by atoms with Crippen LogP contribution in [-0.4, -0.2) is 14.8 Å². The number of aromatic nitrogens is 3. The molecule has 0 saturated carbocycles. The van der Waals surface area contributed by atoms with Crippen LogP contribution in [0.1, 0.15) is 0 Å². The molecule has 0 aliphatic carbocycles. The van der Waals surface area contributed by atoms with Crippen LogP contribution in [0, 0.1) is 5.82 Å². The van der Waals surface area contributed by atoms with Crippen LogP contribution in [0.5, 0.6) is 0 Å². The summed E-state index contributed by atoms with van der Waals surface area (Å²) in [6.45, 7) is 0. The minimum atomic E-state index is -0.288. The lowest BCUT2D eigenvalue weighted by atomic mass is 10.2. The van der Waals surface area contributed by atoms with E-state index in [2.05, 4.69) is 26.0 Å². The van der Waals surface area contributed by atoms with Crippen LogP contribution < -0.4 is 0 Å². The normalized spacial score (nSPS) is 11.1. The van der Waals surface area contributed by atoms with Gasteiger partial charge in [0.15, 0.2) is 0 Å². The summed E-state index contributed by atoms with van der Waals surface area (Å²) < 4.78 is 15.4. The second kappa shape index (κ2) is 4.33. The van der Waals surface area contributed by atoms with Gasteiger partial charge in [0.05, 0.1) is 16.2 Å². The predicted octanol–water partition coefficient (Wildman–Crippen LogP) is 3.98. The Kier molecular flexibility index (Phi) is 2.80. The van der Waals surface area contributed by atoms with Gasteiger partial charge in [-0.15, -0.1) is 0 Å². The van der Waals surface area contributed by atoms with Gasteiger partial charge in [-0.2, -0.15) is 5.10 Å². The first-order valence-electron chi connectivity index (χ1n) is 5.10. The van der Waals surface area contributed by atoms with Gasteiger partial charge in [0.2, 0.25) is 0 Å². The first-order valence-corrected chi connectivity index (χ1v) is 6.27. The van der Waals surface area contributed by atoms with Crippen LogP contribution in [0.15, 0.2) is 41.3 Å². The molecule has 3 aromatic rings. The Morgan fingerprint density at radius 1 is 1.28 bits per heavy atom. The summed E-state index contributed by atoms with van der Waals surface area (Å²) in [7, 11) is 0. The van der Waals surface area contributed by atoms with E-state index in [9.17, 15) is 4.39 Å². The van der Waals surface area contributed by atoms with Gasteiger partial charge in [0.1, 0.15) is 10.4 Å². The average molecular weight is 327 g/mol. The SMILES string of the molecule is Fc1ccc2nn(-c3cc(Br)ncc3Cl)cc2c1. The summed E-state index contributed by atoms with van der Waals surface area (Å²) in [6, 6.07) is 6.20. The van der Waals surface area contributed by atoms with Crippen LogP contribution in [0.2, 0.25) is 5.02 Å². The molecular formula is C12H6BrClFN3. The van der Waals surface area contributed by atoms with E-state index in [4.69, 9.17) is 11.6 Å². The Morgan fingerprint density at radius 2 is 2.11 bits per heavy atom. The third kappa shape index (κ3) is 2.00. The molecule has 0 fully saturated rings. The molecule has 2 heterocycles. The number of hydrogen-bond acceptors (Lipinski definition) is 2. The topological polar surface area (TPSA) is 30.7 Å². The lowest BCUT2D eigenvalue weighted by molar-refractivity contribution is 0.630. The third-order valence-corrected chi connectivity index (χ3v) is 3.24. The predicted molar refractivity (Wildman–Crippen MR) is 71.5 cm³/mol. The number of hydrogen-bond donors (Lipinski definition) is 0. The first-order chi connectivity index (χ1) is 8.63. The highest BCUT2D eigenvalue weighted by Gasteiger charge is 2.08. The molecule has 18 heavy (non-hydrogen) atoms. The molecule has 0 atom stereocenters. The van der Waals surface area contributed by atoms with Crippen molar-refractivity contribution in [1.29, 1.82) is 0 Å². The van der Waals surface area contributed by atoms with Crippen molar-refractivity contribution in [1.82, 2.24) is 14.8 Å². The van der Waals surface area contributed by atoms with E-state index in [-0.39, 0.29) is 5.82 Å². The van der Waals surface area contributed by atoms with E-state index in [1.165, 1.54) is 18.3 Å². The second-order valence-corrected chi connectivity index (χ2v) is 4.95. The Hall–Kier alpha value is -1.46. The molecule has 90 valence electrons. The van der Waals surface area contributed by atoms with E-state index >= 15 is 0 Å². The van der Waals surface area contributed by atoms with Gasteiger partial charge in [0.25, 0.3) is 0 Å². The number of rotatable bonds is 1. The van der Waals surface area contributed by atoms with Gasteiger partial charge in [0, 0.05) is 17.8 Å². The Balaban J connectivity index is 2.22. The molecule has 0 saturated heterocycles. The zero-order chi connectivity index (χ0) is 12.7. The van der Waals surface area contributed by atoms with Crippen LogP contribution in [0.25, 0.3) is 16.6 Å². The van der Waals surface area contributed by atoms with E-state index in [0.717, 1.165) is 5.39 Å². The molecule has 0 bridgehead atoms. The third-order valence-electron chi connectivity index (χ3n) is 2.51. The lowest BCUT2D eigenvalue weighted by Gasteiger charge is -2.03. The molecule has 3 rings (SSSR count). The van der Waals surface area contributed by atoms with Gasteiger partial charge < -0.3 is 0 Å². The highest BCUT2D eigenvalue weighted by molar-refractivity contribution is 9.10. The van der Waals surface area contributed by atoms with Gasteiger partial charge in [-0.05, 0) is 40.2 Å². The number of pyridine rings is 1. The Bertz CT molecular complexity index is 741. The van der Waals surface area contributed by atoms with E-state index < -0.39 is 0 Å². The molecule has 0 aliphatic heterocycles. The maximum absolute atomic E-state index is 13.1. The van der Waals surface area contributed by atoms with E-state index in [0.29, 0.717) is 20.8 Å². The molecule has 1 aromatic carbocycles. The molecule has 6 heteroatoms. The molecule has 0 amide bonds. The maximum Gasteiger partial charge on any atom is 0.124 e. The van der Waals surface area contributed by atoms with Crippen molar-refractivity contribution in [3.63, 3.8) is 0 Å². The van der Waals surface area contributed by atoms with Gasteiger partial charge in [-0.1, -0.05) is 11.6 Å². The van der Waals surface area contributed by atoms with Crippen molar-refractivity contribution in [3.8, 4) is 5.69 Å². The fourth-order valence-electron chi connectivity index (χ4n) is 1.70. The molecular weight excluding hydrogens is 321 g/mol. The second-order valence-electron chi connectivity index (χ2n) is 3.74. The van der Waals surface area contributed by atoms with E-state index in [1.54, 1.807) is 23.0 Å². The van der Waals surface area contributed by atoms with Crippen molar-refractivity contribution in [2.45, 2.75) is 0 Å². The number of halogens is 3. The molecule has 3 nitrogen and oxygen atoms in total. The van der Waals surface area contributed by atoms with Crippen LogP contribution in [0.3, 0.4) is 0 Å². The Morgan fingerprint density at radius 3 is 2.94 bits per heavy atom. The van der Waals surface area contributed by atoms with Gasteiger partial charge >= 0.3 is 0 Å². The smallest absolute Gasteiger partial charge is 0.124 e. The fourth-order valence-corrected chi connectivity index (χ4v) is 2.21. The molecule has 0 unspecified atom stereocenters. The molecule has 0 spiro atoms. The summed E-state index contributed by atoms with van der Waals surface area (Å²) in [5.74, 6) is -0.288.